The first kappa shape index (κ1) is 57.8. The van der Waals surface area contributed by atoms with Crippen molar-refractivity contribution in [1.82, 2.24) is 21.3 Å². The molecule has 13 nitrogen and oxygen atoms in total. The topological polar surface area (TPSA) is 218 Å². The molecule has 1 aromatic carbocycles. The summed E-state index contributed by atoms with van der Waals surface area (Å²) in [7, 11) is 1.86. The van der Waals surface area contributed by atoms with Crippen molar-refractivity contribution in [3.63, 3.8) is 0 Å². The maximum atomic E-state index is 12.7. The van der Waals surface area contributed by atoms with Crippen molar-refractivity contribution < 1.29 is 29.1 Å². The number of Topliss-reactive ketones (excluding diaryl/α,β-unsaturated/α-hetero) is 2. The molecule has 0 aliphatic heterocycles. The second-order valence-electron chi connectivity index (χ2n) is 14.7. The number of carbonyl (C=O) groups excluding carboxylic acids is 4. The van der Waals surface area contributed by atoms with Gasteiger partial charge in [0.25, 0.3) is 0 Å². The van der Waals surface area contributed by atoms with Crippen molar-refractivity contribution in [2.75, 3.05) is 26.7 Å². The molecule has 0 saturated carbocycles. The van der Waals surface area contributed by atoms with Gasteiger partial charge in [0.1, 0.15) is 11.6 Å². The Morgan fingerprint density at radius 2 is 1.45 bits per heavy atom. The minimum Gasteiger partial charge on any atom is -0.481 e. The zero-order chi connectivity index (χ0) is 44.9. The summed E-state index contributed by atoms with van der Waals surface area (Å²) in [6, 6.07) is 9.55. The monoisotopic (exact) mass is 816 g/mol. The molecule has 4 atom stereocenters. The minimum absolute atomic E-state index is 0.0135. The lowest BCUT2D eigenvalue weighted by molar-refractivity contribution is -0.137. The van der Waals surface area contributed by atoms with Crippen LogP contribution in [0.3, 0.4) is 0 Å². The van der Waals surface area contributed by atoms with E-state index < -0.39 is 17.9 Å². The Bertz CT molecular complexity index is 1330. The van der Waals surface area contributed by atoms with E-state index in [4.69, 9.17) is 16.6 Å². The number of likely N-dealkylation sites (N-methyl/N-ethyl adjacent to an activating group) is 1. The molecule has 13 heteroatoms. The molecule has 1 aromatic rings. The molecule has 332 valence electrons. The predicted molar refractivity (Wildman–Crippen MR) is 240 cm³/mol. The number of rotatable bonds is 26. The van der Waals surface area contributed by atoms with Crippen molar-refractivity contribution in [2.45, 2.75) is 145 Å². The Hall–Kier alpha value is -4.52. The van der Waals surface area contributed by atoms with Crippen LogP contribution in [0.1, 0.15) is 132 Å². The van der Waals surface area contributed by atoms with Gasteiger partial charge in [-0.3, -0.25) is 29.0 Å². The largest absolute Gasteiger partial charge is 0.481 e. The maximum absolute atomic E-state index is 12.7. The molecule has 0 saturated heterocycles. The molecule has 0 spiro atoms. The van der Waals surface area contributed by atoms with Crippen LogP contribution in [0.2, 0.25) is 0 Å². The number of carbonyl (C=O) groups is 5. The molecular weight excluding hydrogens is 735 g/mol. The highest BCUT2D eigenvalue weighted by atomic mass is 16.4. The number of amides is 2. The fourth-order valence-corrected chi connectivity index (χ4v) is 5.06. The molecule has 0 aliphatic rings. The summed E-state index contributed by atoms with van der Waals surface area (Å²) in [5, 5.41) is 20.5. The number of aliphatic imine (C=N–C) groups is 1. The fraction of sp³-hybridized carbons (Fsp3) is 0.644. The summed E-state index contributed by atoms with van der Waals surface area (Å²) in [5.74, 6) is -1.19. The van der Waals surface area contributed by atoms with Gasteiger partial charge in [0.05, 0.1) is 25.0 Å². The molecule has 0 fully saturated rings. The standard InChI is InChI=1S/C22H40N6O4.C11H23NO.C7H8.C5H10O/c1-5-7-8-11-25-16(4)18(13-20(30)31)28-19(29)14-27-21(32)17(15(3)6-2)10-9-12-26-22(23)24;1-4-5-6-7-8-9-11(12-3)10(2)13;1-7-5-3-2-4-6-7;1-4(2)5(3)6/h7-8,15,17-18,25H,4-6,9-14H2,1-3H3,(H,27,32)(H,28,29)(H,30,31)(H4,23,24,26);11-12H,4-9H2,1-3H3;2-6H,1H3;4H,1-3H3/b8-7+;;;. The highest BCUT2D eigenvalue weighted by Crippen LogP contribution is 2.21. The molecular formula is C45H81N7O6. The number of benzene rings is 1. The summed E-state index contributed by atoms with van der Waals surface area (Å²) >= 11 is 0. The van der Waals surface area contributed by atoms with E-state index in [9.17, 15) is 24.0 Å². The van der Waals surface area contributed by atoms with E-state index in [2.05, 4.69) is 58.8 Å². The first-order valence-corrected chi connectivity index (χ1v) is 21.0. The second kappa shape index (κ2) is 38.0. The van der Waals surface area contributed by atoms with E-state index in [1.165, 1.54) is 37.7 Å². The summed E-state index contributed by atoms with van der Waals surface area (Å²) in [5.41, 5.74) is 12.4. The number of unbranched alkanes of at least 4 members (excludes halogenated alkanes) is 4. The molecule has 0 radical (unpaired) electrons. The van der Waals surface area contributed by atoms with Crippen molar-refractivity contribution >= 4 is 35.3 Å². The Labute approximate surface area is 351 Å². The highest BCUT2D eigenvalue weighted by Gasteiger charge is 2.25. The number of nitrogens with one attached hydrogen (secondary N) is 4. The van der Waals surface area contributed by atoms with E-state index in [1.807, 2.05) is 72.0 Å². The molecule has 1 rings (SSSR count). The van der Waals surface area contributed by atoms with Gasteiger partial charge in [0, 0.05) is 30.6 Å². The molecule has 0 aromatic heterocycles. The number of nitrogens with zero attached hydrogens (tertiary/aromatic N) is 1. The van der Waals surface area contributed by atoms with Gasteiger partial charge in [-0.05, 0) is 59.4 Å². The zero-order valence-corrected chi connectivity index (χ0v) is 37.6. The van der Waals surface area contributed by atoms with Crippen molar-refractivity contribution in [1.29, 1.82) is 0 Å². The number of guanidine groups is 1. The van der Waals surface area contributed by atoms with Gasteiger partial charge >= 0.3 is 5.97 Å². The first-order valence-electron chi connectivity index (χ1n) is 21.0. The van der Waals surface area contributed by atoms with E-state index >= 15 is 0 Å². The van der Waals surface area contributed by atoms with E-state index in [1.54, 1.807) is 13.8 Å². The average molecular weight is 816 g/mol. The SMILES string of the molecule is C=C(NC/C=C/CC)C(CC(=O)O)NC(=O)CNC(=O)C(CCCN=C(N)N)C(C)CC.CC(=O)C(C)C.CCCCCCCC(NC)C(C)=O.Cc1ccccc1. The number of nitrogens with two attached hydrogens (primary N) is 2. The Morgan fingerprint density at radius 3 is 1.90 bits per heavy atom. The molecule has 0 aliphatic carbocycles. The van der Waals surface area contributed by atoms with Gasteiger partial charge in [-0.1, -0.05) is 135 Å². The summed E-state index contributed by atoms with van der Waals surface area (Å²) < 4.78 is 0. The van der Waals surface area contributed by atoms with Gasteiger partial charge in [-0.2, -0.15) is 0 Å². The van der Waals surface area contributed by atoms with Crippen LogP contribution in [0, 0.1) is 24.7 Å². The Kier molecular flexibility index (Phi) is 37.9. The number of hydrogen-bond donors (Lipinski definition) is 7. The number of aryl methyl sites for hydroxylation is 1. The van der Waals surface area contributed by atoms with E-state index in [-0.39, 0.29) is 60.2 Å². The summed E-state index contributed by atoms with van der Waals surface area (Å²) in [6.45, 7) is 21.8. The van der Waals surface area contributed by atoms with Crippen molar-refractivity contribution in [3.8, 4) is 0 Å². The number of ketones is 2. The van der Waals surface area contributed by atoms with Gasteiger partial charge < -0.3 is 37.8 Å². The van der Waals surface area contributed by atoms with Gasteiger partial charge in [0.15, 0.2) is 5.96 Å². The highest BCUT2D eigenvalue weighted by molar-refractivity contribution is 5.86. The lowest BCUT2D eigenvalue weighted by Gasteiger charge is -2.23. The number of carboxylic acid groups (broad SMARTS) is 1. The van der Waals surface area contributed by atoms with Crippen LogP contribution < -0.4 is 32.7 Å². The zero-order valence-electron chi connectivity index (χ0n) is 37.6. The lowest BCUT2D eigenvalue weighted by Crippen LogP contribution is -2.47. The third-order valence-electron chi connectivity index (χ3n) is 9.23. The first-order chi connectivity index (χ1) is 27.4. The normalized spacial score (nSPS) is 12.4. The van der Waals surface area contributed by atoms with Crippen molar-refractivity contribution in [2.24, 2.45) is 34.2 Å². The van der Waals surface area contributed by atoms with Crippen LogP contribution in [-0.2, 0) is 24.0 Å². The molecule has 2 amide bonds. The molecule has 0 heterocycles. The third-order valence-corrected chi connectivity index (χ3v) is 9.23. The Morgan fingerprint density at radius 1 is 0.845 bits per heavy atom. The lowest BCUT2D eigenvalue weighted by atomic mass is 9.87. The fourth-order valence-electron chi connectivity index (χ4n) is 5.06. The number of hydrogen-bond acceptors (Lipinski definition) is 8. The molecule has 4 unspecified atom stereocenters. The van der Waals surface area contributed by atoms with Crippen LogP contribution in [-0.4, -0.2) is 79.2 Å². The number of carboxylic acids is 1. The Balaban J connectivity index is -0.000000931. The quantitative estimate of drug-likeness (QED) is 0.0230. The van der Waals surface area contributed by atoms with E-state index in [0.717, 1.165) is 19.3 Å². The van der Waals surface area contributed by atoms with Crippen LogP contribution in [0.4, 0.5) is 0 Å². The minimum atomic E-state index is -1.07. The number of allylic oxidation sites excluding steroid dienone is 1. The van der Waals surface area contributed by atoms with Crippen LogP contribution >= 0.6 is 0 Å². The van der Waals surface area contributed by atoms with Gasteiger partial charge in [-0.15, -0.1) is 0 Å². The summed E-state index contributed by atoms with van der Waals surface area (Å²) in [4.78, 5) is 61.3. The van der Waals surface area contributed by atoms with E-state index in [0.29, 0.717) is 31.6 Å². The predicted octanol–water partition coefficient (Wildman–Crippen LogP) is 6.60. The van der Waals surface area contributed by atoms with Crippen LogP contribution in [0.15, 0.2) is 59.8 Å². The molecule has 0 bridgehead atoms. The molecule has 9 N–H and O–H groups in total. The average Bonchev–Trinajstić information content (AvgIpc) is 3.17. The van der Waals surface area contributed by atoms with Gasteiger partial charge in [-0.25, -0.2) is 0 Å². The van der Waals surface area contributed by atoms with Crippen molar-refractivity contribution in [3.05, 3.63) is 60.3 Å². The molecule has 58 heavy (non-hydrogen) atoms. The number of aliphatic carboxylic acids is 1. The van der Waals surface area contributed by atoms with Crippen LogP contribution in [0.5, 0.6) is 0 Å². The smallest absolute Gasteiger partial charge is 0.305 e. The third kappa shape index (κ3) is 35.9. The maximum Gasteiger partial charge on any atom is 0.305 e. The second-order valence-corrected chi connectivity index (χ2v) is 14.7. The van der Waals surface area contributed by atoms with Gasteiger partial charge in [0.2, 0.25) is 11.8 Å². The van der Waals surface area contributed by atoms with Crippen LogP contribution in [0.25, 0.3) is 0 Å². The summed E-state index contributed by atoms with van der Waals surface area (Å²) in [6.07, 6.45) is 13.8.